The van der Waals surface area contributed by atoms with Gasteiger partial charge in [0.15, 0.2) is 0 Å². The number of pyridine rings is 1. The smallest absolute Gasteiger partial charge is 0.354 e. The van der Waals surface area contributed by atoms with Crippen molar-refractivity contribution in [3.63, 3.8) is 0 Å². The number of fused-ring (bicyclic) bond motifs is 1. The Balaban J connectivity index is 2.51. The molecule has 14 heavy (non-hydrogen) atoms. The van der Waals surface area contributed by atoms with Crippen molar-refractivity contribution in [2.75, 3.05) is 6.54 Å². The Morgan fingerprint density at radius 3 is 3.14 bits per heavy atom. The van der Waals surface area contributed by atoms with Crippen molar-refractivity contribution in [3.8, 4) is 0 Å². The molecule has 0 saturated carbocycles. The summed E-state index contributed by atoms with van der Waals surface area (Å²) in [4.78, 5) is 14.9. The number of carboxylic acid groups (broad SMARTS) is 1. The molecule has 0 unspecified atom stereocenters. The monoisotopic (exact) mass is 192 g/mol. The van der Waals surface area contributed by atoms with Crippen LogP contribution in [-0.2, 0) is 13.0 Å². The average molecular weight is 192 g/mol. The zero-order valence-electron chi connectivity index (χ0n) is 8.00. The van der Waals surface area contributed by atoms with Crippen LogP contribution in [0.25, 0.3) is 0 Å². The van der Waals surface area contributed by atoms with Gasteiger partial charge in [-0.1, -0.05) is 0 Å². The second kappa shape index (κ2) is 3.38. The molecule has 0 atom stereocenters. The summed E-state index contributed by atoms with van der Waals surface area (Å²) in [6, 6.07) is 1.65. The van der Waals surface area contributed by atoms with Crippen molar-refractivity contribution in [1.29, 1.82) is 0 Å². The predicted molar refractivity (Wildman–Crippen MR) is 51.3 cm³/mol. The Kier molecular flexibility index (Phi) is 2.21. The first kappa shape index (κ1) is 9.15. The van der Waals surface area contributed by atoms with Gasteiger partial charge in [-0.05, 0) is 37.1 Å². The number of nitrogens with one attached hydrogen (secondary N) is 1. The molecule has 2 N–H and O–H groups in total. The summed E-state index contributed by atoms with van der Waals surface area (Å²) in [7, 11) is 0. The summed E-state index contributed by atoms with van der Waals surface area (Å²) in [6.45, 7) is 3.57. The third-order valence-electron chi connectivity index (χ3n) is 2.50. The highest BCUT2D eigenvalue weighted by molar-refractivity contribution is 5.85. The molecule has 1 aromatic rings. The van der Waals surface area contributed by atoms with Crippen LogP contribution in [0.3, 0.4) is 0 Å². The van der Waals surface area contributed by atoms with Crippen LogP contribution in [0.1, 0.15) is 27.3 Å². The lowest BCUT2D eigenvalue weighted by Crippen LogP contribution is -2.26. The number of carboxylic acids is 1. The third-order valence-corrected chi connectivity index (χ3v) is 2.50. The van der Waals surface area contributed by atoms with Crippen LogP contribution < -0.4 is 5.32 Å². The Labute approximate surface area is 82.0 Å². The SMILES string of the molecule is Cc1cc(C(=O)O)nc2c1CCNC2. The number of hydrogen-bond donors (Lipinski definition) is 2. The maximum Gasteiger partial charge on any atom is 0.354 e. The van der Waals surface area contributed by atoms with E-state index in [-0.39, 0.29) is 5.69 Å². The summed E-state index contributed by atoms with van der Waals surface area (Å²) >= 11 is 0. The largest absolute Gasteiger partial charge is 0.477 e. The van der Waals surface area contributed by atoms with Gasteiger partial charge < -0.3 is 10.4 Å². The van der Waals surface area contributed by atoms with E-state index in [4.69, 9.17) is 5.11 Å². The summed E-state index contributed by atoms with van der Waals surface area (Å²) in [5, 5.41) is 12.0. The first-order valence-electron chi connectivity index (χ1n) is 4.62. The maximum absolute atomic E-state index is 10.8. The van der Waals surface area contributed by atoms with Gasteiger partial charge in [-0.2, -0.15) is 0 Å². The van der Waals surface area contributed by atoms with E-state index in [1.54, 1.807) is 6.07 Å². The number of aromatic carboxylic acids is 1. The molecule has 0 amide bonds. The van der Waals surface area contributed by atoms with Gasteiger partial charge in [-0.3, -0.25) is 0 Å². The lowest BCUT2D eigenvalue weighted by atomic mass is 10.0. The number of nitrogens with zero attached hydrogens (tertiary/aromatic N) is 1. The van der Waals surface area contributed by atoms with E-state index in [1.807, 2.05) is 6.92 Å². The van der Waals surface area contributed by atoms with Crippen LogP contribution in [0.2, 0.25) is 0 Å². The molecule has 2 rings (SSSR count). The van der Waals surface area contributed by atoms with Crippen molar-refractivity contribution in [2.24, 2.45) is 0 Å². The Bertz CT molecular complexity index is 388. The molecule has 1 aliphatic heterocycles. The lowest BCUT2D eigenvalue weighted by molar-refractivity contribution is 0.0690. The van der Waals surface area contributed by atoms with Crippen molar-refractivity contribution < 1.29 is 9.90 Å². The van der Waals surface area contributed by atoms with E-state index in [1.165, 1.54) is 5.56 Å². The first-order chi connectivity index (χ1) is 6.68. The van der Waals surface area contributed by atoms with E-state index in [0.717, 1.165) is 24.2 Å². The third kappa shape index (κ3) is 1.48. The van der Waals surface area contributed by atoms with Gasteiger partial charge in [0.1, 0.15) is 5.69 Å². The predicted octanol–water partition coefficient (Wildman–Crippen LogP) is 0.734. The van der Waals surface area contributed by atoms with Crippen molar-refractivity contribution in [1.82, 2.24) is 10.3 Å². The Hall–Kier alpha value is -1.42. The number of carbonyl (C=O) groups is 1. The zero-order chi connectivity index (χ0) is 10.1. The molecule has 0 aliphatic carbocycles. The molecule has 2 heterocycles. The van der Waals surface area contributed by atoms with Crippen LogP contribution in [0.15, 0.2) is 6.07 Å². The first-order valence-corrected chi connectivity index (χ1v) is 4.62. The van der Waals surface area contributed by atoms with Gasteiger partial charge in [0.05, 0.1) is 5.69 Å². The molecule has 0 fully saturated rings. The molecule has 0 saturated heterocycles. The molecular weight excluding hydrogens is 180 g/mol. The summed E-state index contributed by atoms with van der Waals surface area (Å²) in [5.74, 6) is -0.957. The van der Waals surface area contributed by atoms with E-state index < -0.39 is 5.97 Å². The average Bonchev–Trinajstić information content (AvgIpc) is 2.17. The normalized spacial score (nSPS) is 14.9. The highest BCUT2D eigenvalue weighted by atomic mass is 16.4. The van der Waals surface area contributed by atoms with Crippen molar-refractivity contribution in [3.05, 3.63) is 28.6 Å². The Morgan fingerprint density at radius 2 is 2.43 bits per heavy atom. The molecule has 0 bridgehead atoms. The van der Waals surface area contributed by atoms with E-state index >= 15 is 0 Å². The quantitative estimate of drug-likeness (QED) is 0.688. The van der Waals surface area contributed by atoms with Crippen LogP contribution in [0.4, 0.5) is 0 Å². The minimum atomic E-state index is -0.957. The van der Waals surface area contributed by atoms with E-state index in [9.17, 15) is 4.79 Å². The van der Waals surface area contributed by atoms with Gasteiger partial charge in [0, 0.05) is 6.54 Å². The fourth-order valence-electron chi connectivity index (χ4n) is 1.78. The molecule has 0 aromatic carbocycles. The number of rotatable bonds is 1. The fourth-order valence-corrected chi connectivity index (χ4v) is 1.78. The van der Waals surface area contributed by atoms with E-state index in [2.05, 4.69) is 10.3 Å². The molecule has 0 spiro atoms. The molecule has 0 radical (unpaired) electrons. The van der Waals surface area contributed by atoms with E-state index in [0.29, 0.717) is 6.54 Å². The minimum Gasteiger partial charge on any atom is -0.477 e. The number of aryl methyl sites for hydroxylation is 1. The molecular formula is C10H12N2O2. The second-order valence-corrected chi connectivity index (χ2v) is 3.48. The molecule has 74 valence electrons. The Morgan fingerprint density at radius 1 is 1.64 bits per heavy atom. The second-order valence-electron chi connectivity index (χ2n) is 3.48. The van der Waals surface area contributed by atoms with Gasteiger partial charge in [0.25, 0.3) is 0 Å². The maximum atomic E-state index is 10.8. The zero-order valence-corrected chi connectivity index (χ0v) is 8.00. The minimum absolute atomic E-state index is 0.143. The molecule has 1 aliphatic rings. The highest BCUT2D eigenvalue weighted by Crippen LogP contribution is 2.17. The topological polar surface area (TPSA) is 62.2 Å². The van der Waals surface area contributed by atoms with Crippen molar-refractivity contribution >= 4 is 5.97 Å². The van der Waals surface area contributed by atoms with Crippen LogP contribution >= 0.6 is 0 Å². The van der Waals surface area contributed by atoms with Crippen LogP contribution in [-0.4, -0.2) is 22.6 Å². The number of hydrogen-bond acceptors (Lipinski definition) is 3. The summed E-state index contributed by atoms with van der Waals surface area (Å²) in [5.41, 5.74) is 3.27. The standard InChI is InChI=1S/C10H12N2O2/c1-6-4-8(10(13)14)12-9-5-11-3-2-7(6)9/h4,11H,2-3,5H2,1H3,(H,13,14). The number of aromatic nitrogens is 1. The lowest BCUT2D eigenvalue weighted by Gasteiger charge is -2.18. The highest BCUT2D eigenvalue weighted by Gasteiger charge is 2.15. The van der Waals surface area contributed by atoms with Crippen molar-refractivity contribution in [2.45, 2.75) is 19.9 Å². The summed E-state index contributed by atoms with van der Waals surface area (Å²) < 4.78 is 0. The van der Waals surface area contributed by atoms with Gasteiger partial charge in [-0.25, -0.2) is 9.78 Å². The fraction of sp³-hybridized carbons (Fsp3) is 0.400. The van der Waals surface area contributed by atoms with Gasteiger partial charge in [-0.15, -0.1) is 0 Å². The van der Waals surface area contributed by atoms with Gasteiger partial charge in [0.2, 0.25) is 0 Å². The molecule has 1 aromatic heterocycles. The van der Waals surface area contributed by atoms with Crippen LogP contribution in [0, 0.1) is 6.92 Å². The summed E-state index contributed by atoms with van der Waals surface area (Å²) in [6.07, 6.45) is 0.939. The van der Waals surface area contributed by atoms with Gasteiger partial charge >= 0.3 is 5.97 Å². The molecule has 4 nitrogen and oxygen atoms in total. The molecule has 4 heteroatoms. The van der Waals surface area contributed by atoms with Crippen LogP contribution in [0.5, 0.6) is 0 Å².